The third-order valence-electron chi connectivity index (χ3n) is 4.16. The first-order valence-corrected chi connectivity index (χ1v) is 8.31. The van der Waals surface area contributed by atoms with Crippen LogP contribution in [-0.2, 0) is 5.41 Å². The Balaban J connectivity index is 2.31. The fourth-order valence-corrected chi connectivity index (χ4v) is 3.36. The molecule has 0 saturated heterocycles. The van der Waals surface area contributed by atoms with Crippen LogP contribution >= 0.6 is 12.6 Å². The van der Waals surface area contributed by atoms with E-state index in [0.717, 1.165) is 16.2 Å². The van der Waals surface area contributed by atoms with Gasteiger partial charge in [-0.25, -0.2) is 0 Å². The zero-order chi connectivity index (χ0) is 15.5. The Kier molecular flexibility index (Phi) is 5.37. The average Bonchev–Trinajstić information content (AvgIpc) is 2.46. The SMILES string of the molecule is COc1cc(C=NC2CCCCC2)c(S)c(C(C)(C)C)c1. The summed E-state index contributed by atoms with van der Waals surface area (Å²) in [4.78, 5) is 5.80. The molecule has 21 heavy (non-hydrogen) atoms. The van der Waals surface area contributed by atoms with Gasteiger partial charge in [0.15, 0.2) is 0 Å². The van der Waals surface area contributed by atoms with E-state index in [1.165, 1.54) is 37.7 Å². The Bertz CT molecular complexity index is 511. The molecule has 116 valence electrons. The molecule has 2 rings (SSSR count). The van der Waals surface area contributed by atoms with Crippen molar-refractivity contribution in [2.45, 2.75) is 69.2 Å². The molecule has 2 nitrogen and oxygen atoms in total. The molecule has 0 heterocycles. The van der Waals surface area contributed by atoms with E-state index in [0.29, 0.717) is 6.04 Å². The predicted molar refractivity (Wildman–Crippen MR) is 93.4 cm³/mol. The van der Waals surface area contributed by atoms with Gasteiger partial charge in [-0.1, -0.05) is 40.0 Å². The second kappa shape index (κ2) is 6.87. The van der Waals surface area contributed by atoms with Crippen molar-refractivity contribution in [1.29, 1.82) is 0 Å². The van der Waals surface area contributed by atoms with E-state index in [1.54, 1.807) is 7.11 Å². The van der Waals surface area contributed by atoms with Gasteiger partial charge < -0.3 is 4.74 Å². The highest BCUT2D eigenvalue weighted by Gasteiger charge is 2.20. The first kappa shape index (κ1) is 16.4. The van der Waals surface area contributed by atoms with Gasteiger partial charge in [0.2, 0.25) is 0 Å². The van der Waals surface area contributed by atoms with Crippen LogP contribution < -0.4 is 4.74 Å². The zero-order valence-corrected chi connectivity index (χ0v) is 14.5. The maximum Gasteiger partial charge on any atom is 0.119 e. The van der Waals surface area contributed by atoms with Gasteiger partial charge in [0.1, 0.15) is 5.75 Å². The minimum absolute atomic E-state index is 0.0407. The van der Waals surface area contributed by atoms with E-state index >= 15 is 0 Å². The Morgan fingerprint density at radius 2 is 1.86 bits per heavy atom. The number of aliphatic imine (C=N–C) groups is 1. The van der Waals surface area contributed by atoms with Crippen LogP contribution in [0.3, 0.4) is 0 Å². The Morgan fingerprint density at radius 1 is 1.19 bits per heavy atom. The van der Waals surface area contributed by atoms with E-state index in [9.17, 15) is 0 Å². The molecule has 1 aromatic carbocycles. The maximum absolute atomic E-state index is 5.44. The number of rotatable bonds is 3. The molecule has 0 unspecified atom stereocenters. The van der Waals surface area contributed by atoms with Crippen molar-refractivity contribution in [2.24, 2.45) is 4.99 Å². The number of methoxy groups -OCH3 is 1. The van der Waals surface area contributed by atoms with E-state index in [-0.39, 0.29) is 5.41 Å². The molecule has 0 amide bonds. The van der Waals surface area contributed by atoms with E-state index in [2.05, 4.69) is 26.8 Å². The van der Waals surface area contributed by atoms with Crippen molar-refractivity contribution in [3.8, 4) is 5.75 Å². The monoisotopic (exact) mass is 305 g/mol. The highest BCUT2D eigenvalue weighted by atomic mass is 32.1. The first-order valence-electron chi connectivity index (χ1n) is 7.86. The van der Waals surface area contributed by atoms with Gasteiger partial charge in [-0.05, 0) is 36.0 Å². The summed E-state index contributed by atoms with van der Waals surface area (Å²) < 4.78 is 5.44. The second-order valence-electron chi connectivity index (χ2n) is 6.93. The van der Waals surface area contributed by atoms with Crippen LogP contribution in [0.1, 0.15) is 64.0 Å². The number of hydrogen-bond donors (Lipinski definition) is 1. The van der Waals surface area contributed by atoms with E-state index in [1.807, 2.05) is 12.3 Å². The van der Waals surface area contributed by atoms with Gasteiger partial charge in [-0.2, -0.15) is 0 Å². The lowest BCUT2D eigenvalue weighted by Crippen LogP contribution is -2.14. The van der Waals surface area contributed by atoms with Crippen LogP contribution in [0.15, 0.2) is 22.0 Å². The molecular formula is C18H27NOS. The molecule has 1 fully saturated rings. The largest absolute Gasteiger partial charge is 0.497 e. The fourth-order valence-electron chi connectivity index (χ4n) is 2.83. The highest BCUT2D eigenvalue weighted by molar-refractivity contribution is 7.80. The third kappa shape index (κ3) is 4.26. The van der Waals surface area contributed by atoms with E-state index < -0.39 is 0 Å². The molecule has 1 saturated carbocycles. The Morgan fingerprint density at radius 3 is 2.43 bits per heavy atom. The average molecular weight is 305 g/mol. The summed E-state index contributed by atoms with van der Waals surface area (Å²) in [5.41, 5.74) is 2.31. The molecule has 0 aromatic heterocycles. The Labute approximate surface area is 134 Å². The van der Waals surface area contributed by atoms with Crippen LogP contribution in [0.25, 0.3) is 0 Å². The van der Waals surface area contributed by atoms with Crippen LogP contribution in [-0.4, -0.2) is 19.4 Å². The van der Waals surface area contributed by atoms with E-state index in [4.69, 9.17) is 22.4 Å². The zero-order valence-electron chi connectivity index (χ0n) is 13.6. The van der Waals surface area contributed by atoms with Crippen LogP contribution in [0.2, 0.25) is 0 Å². The highest BCUT2D eigenvalue weighted by Crippen LogP contribution is 2.34. The summed E-state index contributed by atoms with van der Waals surface area (Å²) in [5.74, 6) is 0.878. The summed E-state index contributed by atoms with van der Waals surface area (Å²) in [5, 5.41) is 0. The van der Waals surface area contributed by atoms with Crippen LogP contribution in [0.4, 0.5) is 0 Å². The molecule has 0 atom stereocenters. The minimum atomic E-state index is 0.0407. The van der Waals surface area contributed by atoms with Crippen molar-refractivity contribution in [1.82, 2.24) is 0 Å². The molecule has 3 heteroatoms. The molecule has 1 aliphatic rings. The van der Waals surface area contributed by atoms with Crippen molar-refractivity contribution >= 4 is 18.8 Å². The topological polar surface area (TPSA) is 21.6 Å². The molecule has 0 spiro atoms. The molecule has 0 bridgehead atoms. The van der Waals surface area contributed by atoms with Crippen molar-refractivity contribution in [2.75, 3.05) is 7.11 Å². The standard InChI is InChI=1S/C18H27NOS/c1-18(2,3)16-11-15(20-4)10-13(17(16)21)12-19-14-8-6-5-7-9-14/h10-12,14,21H,5-9H2,1-4H3. The molecule has 1 aliphatic carbocycles. The van der Waals surface area contributed by atoms with Gasteiger partial charge in [0.05, 0.1) is 7.11 Å². The minimum Gasteiger partial charge on any atom is -0.497 e. The first-order chi connectivity index (χ1) is 9.91. The second-order valence-corrected chi connectivity index (χ2v) is 7.38. The molecule has 1 aromatic rings. The predicted octanol–water partition coefficient (Wildman–Crippen LogP) is 5.03. The van der Waals surface area contributed by atoms with Gasteiger partial charge in [0, 0.05) is 22.7 Å². The number of thiol groups is 1. The summed E-state index contributed by atoms with van der Waals surface area (Å²) in [7, 11) is 1.71. The maximum atomic E-state index is 5.44. The number of hydrogen-bond acceptors (Lipinski definition) is 3. The lowest BCUT2D eigenvalue weighted by atomic mass is 9.86. The van der Waals surface area contributed by atoms with Gasteiger partial charge in [-0.3, -0.25) is 4.99 Å². The van der Waals surface area contributed by atoms with Crippen molar-refractivity contribution < 1.29 is 4.74 Å². The van der Waals surface area contributed by atoms with Crippen LogP contribution in [0.5, 0.6) is 5.75 Å². The lowest BCUT2D eigenvalue weighted by molar-refractivity contribution is 0.411. The lowest BCUT2D eigenvalue weighted by Gasteiger charge is -2.23. The summed E-state index contributed by atoms with van der Waals surface area (Å²) in [6.07, 6.45) is 8.40. The summed E-state index contributed by atoms with van der Waals surface area (Å²) in [6, 6.07) is 4.60. The fraction of sp³-hybridized carbons (Fsp3) is 0.611. The van der Waals surface area contributed by atoms with Gasteiger partial charge >= 0.3 is 0 Å². The number of ether oxygens (including phenoxy) is 1. The van der Waals surface area contributed by atoms with Gasteiger partial charge in [-0.15, -0.1) is 12.6 Å². The van der Waals surface area contributed by atoms with Crippen molar-refractivity contribution in [3.05, 3.63) is 23.3 Å². The van der Waals surface area contributed by atoms with Crippen molar-refractivity contribution in [3.63, 3.8) is 0 Å². The molecular weight excluding hydrogens is 278 g/mol. The smallest absolute Gasteiger partial charge is 0.119 e. The molecule has 0 N–H and O–H groups in total. The quantitative estimate of drug-likeness (QED) is 0.613. The normalized spacial score (nSPS) is 17.4. The summed E-state index contributed by atoms with van der Waals surface area (Å²) >= 11 is 4.74. The van der Waals surface area contributed by atoms with Gasteiger partial charge in [0.25, 0.3) is 0 Å². The molecule has 0 aliphatic heterocycles. The summed E-state index contributed by atoms with van der Waals surface area (Å²) in [6.45, 7) is 6.59. The third-order valence-corrected chi connectivity index (χ3v) is 4.65. The number of nitrogens with zero attached hydrogens (tertiary/aromatic N) is 1. The van der Waals surface area contributed by atoms with Crippen LogP contribution in [0, 0.1) is 0 Å². The molecule has 0 radical (unpaired) electrons. The Hall–Kier alpha value is -0.960. The number of benzene rings is 1.